The second-order valence-electron chi connectivity index (χ2n) is 10.8. The van der Waals surface area contributed by atoms with Crippen LogP contribution in [0.1, 0.15) is 0 Å². The van der Waals surface area contributed by atoms with Crippen molar-refractivity contribution < 1.29 is 0 Å². The van der Waals surface area contributed by atoms with Gasteiger partial charge >= 0.3 is 0 Å². The Kier molecular flexibility index (Phi) is 6.36. The van der Waals surface area contributed by atoms with Crippen LogP contribution in [0.5, 0.6) is 0 Å². The fraction of sp³-hybridized carbons (Fsp3) is 0.308. The normalized spacial score (nSPS) is 13.3. The first-order valence-electron chi connectivity index (χ1n) is 11.1. The van der Waals surface area contributed by atoms with Crippen LogP contribution < -0.4 is 20.7 Å². The van der Waals surface area contributed by atoms with Crippen molar-refractivity contribution in [3.8, 4) is 0 Å². The monoisotopic (exact) mass is 462 g/mol. The fourth-order valence-corrected chi connectivity index (χ4v) is 22.2. The Bertz CT molecular complexity index is 911. The first kappa shape index (κ1) is 23.2. The maximum atomic E-state index is 2.65. The highest BCUT2D eigenvalue weighted by Gasteiger charge is 2.46. The summed E-state index contributed by atoms with van der Waals surface area (Å²) in [5, 5.41) is 6.50. The van der Waals surface area contributed by atoms with Gasteiger partial charge in [-0.3, -0.25) is 0 Å². The highest BCUT2D eigenvalue weighted by Crippen LogP contribution is 2.22. The minimum atomic E-state index is -1.62. The Labute approximate surface area is 188 Å². The van der Waals surface area contributed by atoms with Crippen molar-refractivity contribution in [3.05, 3.63) is 84.9 Å². The van der Waals surface area contributed by atoms with Gasteiger partial charge in [-0.25, -0.2) is 0 Å². The Balaban J connectivity index is 2.05. The lowest BCUT2D eigenvalue weighted by atomic mass is 10.4. The van der Waals surface area contributed by atoms with Gasteiger partial charge in [0.05, 0.1) is 30.4 Å². The molecule has 0 aliphatic carbocycles. The molecule has 0 fully saturated rings. The number of benzene rings is 3. The Hall–Kier alpha value is -1.47. The summed E-state index contributed by atoms with van der Waals surface area (Å²) in [6.45, 7) is 20.8. The predicted octanol–water partition coefficient (Wildman–Crippen LogP) is 4.91. The van der Waals surface area contributed by atoms with E-state index in [2.05, 4.69) is 137 Å². The van der Waals surface area contributed by atoms with Crippen molar-refractivity contribution in [2.24, 2.45) is 0 Å². The van der Waals surface area contributed by atoms with Crippen molar-refractivity contribution in [1.82, 2.24) is 0 Å². The first-order valence-corrected chi connectivity index (χ1v) is 25.1. The van der Waals surface area contributed by atoms with Gasteiger partial charge in [0.25, 0.3) is 0 Å². The molecular formula is C26H38Si4. The first-order chi connectivity index (χ1) is 13.9. The van der Waals surface area contributed by atoms with Gasteiger partial charge in [-0.1, -0.05) is 158 Å². The van der Waals surface area contributed by atoms with Gasteiger partial charge in [-0.2, -0.15) is 0 Å². The molecular weight excluding hydrogens is 425 g/mol. The third-order valence-electron chi connectivity index (χ3n) is 8.42. The molecule has 0 unspecified atom stereocenters. The molecule has 0 amide bonds. The van der Waals surface area contributed by atoms with E-state index < -0.39 is 30.4 Å². The predicted molar refractivity (Wildman–Crippen MR) is 148 cm³/mol. The van der Waals surface area contributed by atoms with Crippen molar-refractivity contribution in [1.29, 1.82) is 0 Å². The fourth-order valence-electron chi connectivity index (χ4n) is 4.45. The van der Waals surface area contributed by atoms with Gasteiger partial charge in [0.1, 0.15) is 0 Å². The Morgan fingerprint density at radius 2 is 0.600 bits per heavy atom. The lowest BCUT2D eigenvalue weighted by molar-refractivity contribution is 1.67. The number of hydrogen-bond acceptors (Lipinski definition) is 0. The molecule has 0 bridgehead atoms. The molecule has 158 valence electrons. The van der Waals surface area contributed by atoms with Crippen LogP contribution in [0.4, 0.5) is 0 Å². The van der Waals surface area contributed by atoms with E-state index in [4.69, 9.17) is 0 Å². The van der Waals surface area contributed by atoms with Gasteiger partial charge in [0.2, 0.25) is 0 Å². The molecule has 0 aliphatic heterocycles. The molecule has 4 heteroatoms. The van der Waals surface area contributed by atoms with Crippen LogP contribution >= 0.6 is 0 Å². The molecule has 0 aromatic heterocycles. The highest BCUT2D eigenvalue weighted by atomic mass is 29.3. The molecule has 0 N–H and O–H groups in total. The van der Waals surface area contributed by atoms with Crippen molar-refractivity contribution in [3.63, 3.8) is 0 Å². The third kappa shape index (κ3) is 3.91. The standard InChI is InChI=1S/C26H38Si4/c1-27(2,23-16-11-9-12-17-23)29(5,6)25-20-15-21-26(22-25)30(7,8)28(3,4)24-18-13-10-14-19-24/h9-22H,1-8H3. The van der Waals surface area contributed by atoms with E-state index in [0.29, 0.717) is 0 Å². The van der Waals surface area contributed by atoms with Crippen LogP contribution in [-0.2, 0) is 0 Å². The quantitative estimate of drug-likeness (QED) is 0.457. The molecule has 0 spiro atoms. The topological polar surface area (TPSA) is 0 Å². The van der Waals surface area contributed by atoms with Crippen LogP contribution in [-0.4, -0.2) is 30.4 Å². The summed E-state index contributed by atoms with van der Waals surface area (Å²) in [6.07, 6.45) is 0. The van der Waals surface area contributed by atoms with Gasteiger partial charge < -0.3 is 0 Å². The summed E-state index contributed by atoms with van der Waals surface area (Å²) < 4.78 is 0. The van der Waals surface area contributed by atoms with Gasteiger partial charge in [0.15, 0.2) is 0 Å². The van der Waals surface area contributed by atoms with Crippen LogP contribution in [0.3, 0.4) is 0 Å². The van der Waals surface area contributed by atoms with Crippen molar-refractivity contribution in [2.75, 3.05) is 0 Å². The van der Waals surface area contributed by atoms with Gasteiger partial charge in [-0.15, -0.1) is 0 Å². The van der Waals surface area contributed by atoms with Crippen molar-refractivity contribution in [2.45, 2.75) is 52.4 Å². The zero-order chi connectivity index (χ0) is 22.2. The molecule has 0 atom stereocenters. The summed E-state index contributed by atoms with van der Waals surface area (Å²) >= 11 is 0. The maximum Gasteiger partial charge on any atom is 0.0791 e. The summed E-state index contributed by atoms with van der Waals surface area (Å²) in [5.74, 6) is 0. The summed E-state index contributed by atoms with van der Waals surface area (Å²) in [6, 6.07) is 32.5. The van der Waals surface area contributed by atoms with E-state index in [9.17, 15) is 0 Å². The molecule has 0 heterocycles. The lowest BCUT2D eigenvalue weighted by Gasteiger charge is -2.42. The largest absolute Gasteiger partial charge is 0.0791 e. The van der Waals surface area contributed by atoms with Gasteiger partial charge in [-0.05, 0) is 0 Å². The molecule has 3 rings (SSSR count). The highest BCUT2D eigenvalue weighted by molar-refractivity contribution is 7.51. The average Bonchev–Trinajstić information content (AvgIpc) is 2.74. The Morgan fingerprint density at radius 1 is 0.333 bits per heavy atom. The second kappa shape index (κ2) is 8.23. The van der Waals surface area contributed by atoms with E-state index in [1.807, 2.05) is 0 Å². The minimum Gasteiger partial charge on any atom is -0.0671 e. The van der Waals surface area contributed by atoms with E-state index in [0.717, 1.165) is 0 Å². The number of rotatable bonds is 6. The second-order valence-corrected chi connectivity index (χ2v) is 41.1. The molecule has 0 aliphatic rings. The van der Waals surface area contributed by atoms with Gasteiger partial charge in [0, 0.05) is 0 Å². The number of hydrogen-bond donors (Lipinski definition) is 0. The smallest absolute Gasteiger partial charge is 0.0671 e. The minimum absolute atomic E-state index is 1.57. The molecule has 3 aromatic rings. The molecule has 30 heavy (non-hydrogen) atoms. The van der Waals surface area contributed by atoms with Crippen LogP contribution in [0, 0.1) is 0 Å². The van der Waals surface area contributed by atoms with E-state index in [-0.39, 0.29) is 0 Å². The summed E-state index contributed by atoms with van der Waals surface area (Å²) in [7, 11) is -6.39. The third-order valence-corrected chi connectivity index (χ3v) is 43.9. The van der Waals surface area contributed by atoms with Crippen LogP contribution in [0.2, 0.25) is 52.4 Å². The zero-order valence-corrected chi connectivity index (χ0v) is 24.1. The van der Waals surface area contributed by atoms with E-state index in [1.165, 1.54) is 0 Å². The maximum absolute atomic E-state index is 2.65. The SMILES string of the molecule is C[Si](C)(c1ccccc1)[Si](C)(C)c1cccc([Si](C)(C)[Si](C)(C)c2ccccc2)c1. The average molecular weight is 463 g/mol. The lowest BCUT2D eigenvalue weighted by Crippen LogP contribution is -2.71. The molecule has 0 saturated heterocycles. The van der Waals surface area contributed by atoms with Crippen LogP contribution in [0.15, 0.2) is 84.9 Å². The van der Waals surface area contributed by atoms with E-state index in [1.54, 1.807) is 20.7 Å². The molecule has 0 saturated carbocycles. The van der Waals surface area contributed by atoms with E-state index >= 15 is 0 Å². The zero-order valence-electron chi connectivity index (χ0n) is 20.1. The van der Waals surface area contributed by atoms with Crippen molar-refractivity contribution >= 4 is 51.1 Å². The molecule has 0 nitrogen and oxygen atoms in total. The molecule has 0 radical (unpaired) electrons. The Morgan fingerprint density at radius 3 is 0.933 bits per heavy atom. The molecule has 3 aromatic carbocycles. The summed E-state index contributed by atoms with van der Waals surface area (Å²) in [5.41, 5.74) is 0. The summed E-state index contributed by atoms with van der Waals surface area (Å²) in [4.78, 5) is 0. The van der Waals surface area contributed by atoms with Crippen LogP contribution in [0.25, 0.3) is 0 Å².